The van der Waals surface area contributed by atoms with Gasteiger partial charge in [0.05, 0.1) is 11.7 Å². The summed E-state index contributed by atoms with van der Waals surface area (Å²) in [7, 11) is 0. The van der Waals surface area contributed by atoms with E-state index in [-0.39, 0.29) is 0 Å². The number of hydrogen-bond donors (Lipinski definition) is 0. The van der Waals surface area contributed by atoms with Crippen molar-refractivity contribution < 1.29 is 8.78 Å². The smallest absolute Gasteiger partial charge is 0.232 e. The Labute approximate surface area is 63.8 Å². The van der Waals surface area contributed by atoms with Gasteiger partial charge in [0.25, 0.3) is 0 Å². The largest absolute Gasteiger partial charge is 0.248 e. The summed E-state index contributed by atoms with van der Waals surface area (Å²) in [5.74, 6) is -1.81. The van der Waals surface area contributed by atoms with Crippen LogP contribution in [0.4, 0.5) is 8.78 Å². The van der Waals surface area contributed by atoms with Crippen LogP contribution in [0.2, 0.25) is 0 Å². The summed E-state index contributed by atoms with van der Waals surface area (Å²) in [4.78, 5) is 0. The van der Waals surface area contributed by atoms with Crippen LogP contribution in [0.1, 0.15) is 20.8 Å². The Morgan fingerprint density at radius 1 is 1.36 bits per heavy atom. The third kappa shape index (κ3) is 1.39. The van der Waals surface area contributed by atoms with E-state index in [1.807, 2.05) is 0 Å². The molecule has 0 bridgehead atoms. The molecule has 0 atom stereocenters. The number of hydrogen-bond acceptors (Lipinski definition) is 1. The minimum absolute atomic E-state index is 0.506. The third-order valence-corrected chi connectivity index (χ3v) is 1.30. The predicted octanol–water partition coefficient (Wildman–Crippen LogP) is 1.92. The van der Waals surface area contributed by atoms with E-state index in [4.69, 9.17) is 0 Å². The first-order valence-electron chi connectivity index (χ1n) is 3.32. The van der Waals surface area contributed by atoms with Gasteiger partial charge in [0.2, 0.25) is 5.95 Å². The second-order valence-corrected chi connectivity index (χ2v) is 3.37. The first kappa shape index (κ1) is 8.17. The highest BCUT2D eigenvalue weighted by atomic mass is 19.2. The Kier molecular flexibility index (Phi) is 1.70. The van der Waals surface area contributed by atoms with Gasteiger partial charge < -0.3 is 0 Å². The minimum atomic E-state index is -0.905. The fraction of sp³-hybridized carbons (Fsp3) is 0.571. The Bertz CT molecular complexity index is 260. The Morgan fingerprint density at radius 3 is 2.09 bits per heavy atom. The molecule has 0 fully saturated rings. The molecule has 0 saturated heterocycles. The van der Waals surface area contributed by atoms with Crippen LogP contribution in [0.3, 0.4) is 0 Å². The van der Waals surface area contributed by atoms with Crippen LogP contribution in [-0.2, 0) is 5.54 Å². The minimum Gasteiger partial charge on any atom is -0.232 e. The molecular weight excluding hydrogens is 150 g/mol. The average molecular weight is 160 g/mol. The van der Waals surface area contributed by atoms with E-state index < -0.39 is 17.3 Å². The zero-order valence-corrected chi connectivity index (χ0v) is 6.73. The normalized spacial score (nSPS) is 12.1. The van der Waals surface area contributed by atoms with Crippen LogP contribution in [-0.4, -0.2) is 9.78 Å². The van der Waals surface area contributed by atoms with Crippen molar-refractivity contribution in [3.05, 3.63) is 18.0 Å². The summed E-state index contributed by atoms with van der Waals surface area (Å²) in [6.45, 7) is 5.26. The molecule has 1 heterocycles. The molecule has 0 unspecified atom stereocenters. The molecule has 0 aliphatic rings. The summed E-state index contributed by atoms with van der Waals surface area (Å²) >= 11 is 0. The molecule has 1 rings (SSSR count). The average Bonchev–Trinajstić information content (AvgIpc) is 2.11. The zero-order valence-electron chi connectivity index (χ0n) is 6.73. The molecule has 1 aromatic heterocycles. The van der Waals surface area contributed by atoms with Crippen LogP contribution >= 0.6 is 0 Å². The topological polar surface area (TPSA) is 17.8 Å². The molecule has 0 aromatic carbocycles. The highest BCUT2D eigenvalue weighted by molar-refractivity contribution is 4.91. The fourth-order valence-electron chi connectivity index (χ4n) is 0.781. The lowest BCUT2D eigenvalue weighted by atomic mass is 10.1. The van der Waals surface area contributed by atoms with Crippen molar-refractivity contribution in [3.8, 4) is 0 Å². The van der Waals surface area contributed by atoms with E-state index in [9.17, 15) is 8.78 Å². The van der Waals surface area contributed by atoms with Gasteiger partial charge in [-0.25, -0.2) is 9.07 Å². The number of rotatable bonds is 0. The van der Waals surface area contributed by atoms with Gasteiger partial charge in [-0.2, -0.15) is 9.49 Å². The SMILES string of the molecule is CC(C)(C)n1ncc(F)c1F. The lowest BCUT2D eigenvalue weighted by molar-refractivity contribution is 0.290. The maximum absolute atomic E-state index is 12.8. The van der Waals surface area contributed by atoms with E-state index >= 15 is 0 Å². The van der Waals surface area contributed by atoms with Crippen LogP contribution in [0.25, 0.3) is 0 Å². The van der Waals surface area contributed by atoms with Gasteiger partial charge in [-0.1, -0.05) is 0 Å². The van der Waals surface area contributed by atoms with Crippen molar-refractivity contribution in [3.63, 3.8) is 0 Å². The molecule has 0 radical (unpaired) electrons. The summed E-state index contributed by atoms with van der Waals surface area (Å²) < 4.78 is 26.2. The van der Waals surface area contributed by atoms with Gasteiger partial charge in [-0.3, -0.25) is 0 Å². The van der Waals surface area contributed by atoms with E-state index in [1.165, 1.54) is 0 Å². The monoisotopic (exact) mass is 160 g/mol. The second-order valence-electron chi connectivity index (χ2n) is 3.37. The molecule has 4 heteroatoms. The van der Waals surface area contributed by atoms with Crippen LogP contribution in [0.15, 0.2) is 6.20 Å². The molecule has 11 heavy (non-hydrogen) atoms. The molecule has 0 aliphatic carbocycles. The van der Waals surface area contributed by atoms with Crippen LogP contribution in [0, 0.1) is 11.8 Å². The van der Waals surface area contributed by atoms with Gasteiger partial charge in [0, 0.05) is 0 Å². The first-order chi connectivity index (χ1) is 4.93. The van der Waals surface area contributed by atoms with Gasteiger partial charge in [-0.15, -0.1) is 0 Å². The maximum Gasteiger partial charge on any atom is 0.248 e. The molecule has 0 spiro atoms. The second kappa shape index (κ2) is 2.29. The molecule has 0 N–H and O–H groups in total. The molecular formula is C7H10F2N2. The van der Waals surface area contributed by atoms with Gasteiger partial charge >= 0.3 is 0 Å². The van der Waals surface area contributed by atoms with E-state index in [0.717, 1.165) is 10.9 Å². The van der Waals surface area contributed by atoms with Gasteiger partial charge in [-0.05, 0) is 20.8 Å². The fourth-order valence-corrected chi connectivity index (χ4v) is 0.781. The predicted molar refractivity (Wildman–Crippen MR) is 37.1 cm³/mol. The number of nitrogens with zero attached hydrogens (tertiary/aromatic N) is 2. The summed E-state index contributed by atoms with van der Waals surface area (Å²) in [6, 6.07) is 0. The molecule has 62 valence electrons. The quantitative estimate of drug-likeness (QED) is 0.567. The molecule has 0 aliphatic heterocycles. The van der Waals surface area contributed by atoms with Gasteiger partial charge in [0.15, 0.2) is 5.82 Å². The van der Waals surface area contributed by atoms with Crippen LogP contribution < -0.4 is 0 Å². The van der Waals surface area contributed by atoms with Gasteiger partial charge in [0.1, 0.15) is 0 Å². The van der Waals surface area contributed by atoms with Crippen LogP contribution in [0.5, 0.6) is 0 Å². The lowest BCUT2D eigenvalue weighted by Gasteiger charge is -2.18. The van der Waals surface area contributed by atoms with Crippen molar-refractivity contribution in [1.82, 2.24) is 9.78 Å². The van der Waals surface area contributed by atoms with Crippen molar-refractivity contribution in [1.29, 1.82) is 0 Å². The Hall–Kier alpha value is -0.930. The molecule has 2 nitrogen and oxygen atoms in total. The third-order valence-electron chi connectivity index (χ3n) is 1.30. The van der Waals surface area contributed by atoms with E-state index in [0.29, 0.717) is 0 Å². The van der Waals surface area contributed by atoms with Crippen molar-refractivity contribution in [2.45, 2.75) is 26.3 Å². The molecule has 1 aromatic rings. The standard InChI is InChI=1S/C7H10F2N2/c1-7(2,3)11-6(9)5(8)4-10-11/h4H,1-3H3. The Morgan fingerprint density at radius 2 is 1.91 bits per heavy atom. The van der Waals surface area contributed by atoms with Crippen molar-refractivity contribution >= 4 is 0 Å². The summed E-state index contributed by atoms with van der Waals surface area (Å²) in [6.07, 6.45) is 0.876. The number of halogens is 2. The summed E-state index contributed by atoms with van der Waals surface area (Å²) in [5, 5.41) is 3.55. The molecule has 0 saturated carbocycles. The number of aromatic nitrogens is 2. The summed E-state index contributed by atoms with van der Waals surface area (Å²) in [5.41, 5.74) is -0.506. The van der Waals surface area contributed by atoms with Crippen molar-refractivity contribution in [2.75, 3.05) is 0 Å². The highest BCUT2D eigenvalue weighted by Crippen LogP contribution is 2.16. The molecule has 0 amide bonds. The Balaban J connectivity index is 3.15. The van der Waals surface area contributed by atoms with E-state index in [1.54, 1.807) is 20.8 Å². The van der Waals surface area contributed by atoms with Crippen molar-refractivity contribution in [2.24, 2.45) is 0 Å². The zero-order chi connectivity index (χ0) is 8.65. The highest BCUT2D eigenvalue weighted by Gasteiger charge is 2.20. The maximum atomic E-state index is 12.8. The van der Waals surface area contributed by atoms with E-state index in [2.05, 4.69) is 5.10 Å². The lowest BCUT2D eigenvalue weighted by Crippen LogP contribution is -2.24. The first-order valence-corrected chi connectivity index (χ1v) is 3.32.